The highest BCUT2D eigenvalue weighted by Crippen LogP contribution is 2.17. The van der Waals surface area contributed by atoms with Crippen LogP contribution >= 0.6 is 0 Å². The van der Waals surface area contributed by atoms with E-state index in [1.54, 1.807) is 10.7 Å². The standard InChI is InChI=1S/C15H25N6O.ClH/c1-12-10-14(20-15(19-12)13(16)11-18-20)17-4-3-5-21(2)6-8-22-9-7-21;/h10-11,17H,3-9,16H2,1-2H3;1H/q+1;/p-1. The molecule has 3 heterocycles. The molecule has 3 N–H and O–H groups in total. The Hall–Kier alpha value is -1.57. The molecule has 0 bridgehead atoms. The Labute approximate surface area is 142 Å². The van der Waals surface area contributed by atoms with Crippen LogP contribution in [0.25, 0.3) is 5.65 Å². The number of aryl methyl sites for hydroxylation is 1. The maximum absolute atomic E-state index is 5.90. The molecule has 128 valence electrons. The number of hydrogen-bond donors (Lipinski definition) is 2. The van der Waals surface area contributed by atoms with Crippen LogP contribution in [0.2, 0.25) is 0 Å². The summed E-state index contributed by atoms with van der Waals surface area (Å²) in [5.74, 6) is 0.948. The van der Waals surface area contributed by atoms with Crippen LogP contribution in [0.4, 0.5) is 11.5 Å². The van der Waals surface area contributed by atoms with Gasteiger partial charge in [0.05, 0.1) is 38.7 Å². The van der Waals surface area contributed by atoms with Crippen molar-refractivity contribution in [2.45, 2.75) is 13.3 Å². The zero-order chi connectivity index (χ0) is 15.6. The van der Waals surface area contributed by atoms with Gasteiger partial charge in [0.15, 0.2) is 5.65 Å². The minimum Gasteiger partial charge on any atom is -1.00 e. The van der Waals surface area contributed by atoms with Crippen molar-refractivity contribution in [3.8, 4) is 0 Å². The van der Waals surface area contributed by atoms with Crippen molar-refractivity contribution in [3.05, 3.63) is 18.0 Å². The SMILES string of the molecule is Cc1cc(NCCC[N+]2(C)CCOCC2)n2ncc(N)c2n1.[Cl-]. The predicted molar refractivity (Wildman–Crippen MR) is 86.8 cm³/mol. The normalized spacial score (nSPS) is 17.0. The summed E-state index contributed by atoms with van der Waals surface area (Å²) in [4.78, 5) is 4.43. The quantitative estimate of drug-likeness (QED) is 0.482. The van der Waals surface area contributed by atoms with E-state index in [2.05, 4.69) is 22.4 Å². The number of quaternary nitrogens is 1. The van der Waals surface area contributed by atoms with Crippen molar-refractivity contribution in [1.29, 1.82) is 0 Å². The van der Waals surface area contributed by atoms with Crippen LogP contribution in [0.5, 0.6) is 0 Å². The Bertz CT molecular complexity index is 653. The molecule has 0 saturated carbocycles. The van der Waals surface area contributed by atoms with E-state index in [0.717, 1.165) is 67.5 Å². The number of hydrogen-bond acceptors (Lipinski definition) is 5. The van der Waals surface area contributed by atoms with Gasteiger partial charge in [-0.05, 0) is 6.92 Å². The minimum absolute atomic E-state index is 0. The molecule has 0 radical (unpaired) electrons. The lowest BCUT2D eigenvalue weighted by atomic mass is 10.3. The lowest BCUT2D eigenvalue weighted by molar-refractivity contribution is -0.916. The predicted octanol–water partition coefficient (Wildman–Crippen LogP) is -2.10. The first-order valence-electron chi connectivity index (χ1n) is 7.83. The van der Waals surface area contributed by atoms with Crippen molar-refractivity contribution in [1.82, 2.24) is 14.6 Å². The Morgan fingerprint density at radius 2 is 2.13 bits per heavy atom. The Morgan fingerprint density at radius 1 is 1.39 bits per heavy atom. The van der Waals surface area contributed by atoms with Gasteiger partial charge in [0.25, 0.3) is 0 Å². The molecule has 1 aliphatic heterocycles. The van der Waals surface area contributed by atoms with Gasteiger partial charge in [0.2, 0.25) is 0 Å². The van der Waals surface area contributed by atoms with E-state index in [9.17, 15) is 0 Å². The summed E-state index contributed by atoms with van der Waals surface area (Å²) in [5, 5.41) is 7.75. The van der Waals surface area contributed by atoms with E-state index in [1.807, 2.05) is 13.0 Å². The first-order valence-corrected chi connectivity index (χ1v) is 7.83. The van der Waals surface area contributed by atoms with Crippen molar-refractivity contribution >= 4 is 17.2 Å². The van der Waals surface area contributed by atoms with Gasteiger partial charge in [-0.3, -0.25) is 0 Å². The zero-order valence-corrected chi connectivity index (χ0v) is 14.5. The van der Waals surface area contributed by atoms with E-state index in [1.165, 1.54) is 0 Å². The fraction of sp³-hybridized carbons (Fsp3) is 0.600. The monoisotopic (exact) mass is 340 g/mol. The van der Waals surface area contributed by atoms with Crippen LogP contribution in [-0.4, -0.2) is 65.5 Å². The number of aromatic nitrogens is 3. The van der Waals surface area contributed by atoms with E-state index in [-0.39, 0.29) is 12.4 Å². The molecule has 1 aliphatic rings. The number of nitrogens with zero attached hydrogens (tertiary/aromatic N) is 4. The number of anilines is 2. The molecule has 2 aromatic rings. The van der Waals surface area contributed by atoms with Gasteiger partial charge in [-0.15, -0.1) is 0 Å². The maximum atomic E-state index is 5.90. The van der Waals surface area contributed by atoms with E-state index in [4.69, 9.17) is 10.5 Å². The van der Waals surface area contributed by atoms with Gasteiger partial charge in [-0.1, -0.05) is 0 Å². The number of rotatable bonds is 5. The van der Waals surface area contributed by atoms with E-state index >= 15 is 0 Å². The number of fused-ring (bicyclic) bond motifs is 1. The molecule has 8 heteroatoms. The number of nitrogens with two attached hydrogens (primary N) is 1. The Kier molecular flexibility index (Phi) is 5.67. The number of halogens is 1. The summed E-state index contributed by atoms with van der Waals surface area (Å²) < 4.78 is 8.31. The third kappa shape index (κ3) is 4.04. The zero-order valence-electron chi connectivity index (χ0n) is 13.8. The van der Waals surface area contributed by atoms with Gasteiger partial charge < -0.3 is 32.7 Å². The molecule has 1 saturated heterocycles. The Balaban J connectivity index is 0.00000192. The fourth-order valence-corrected chi connectivity index (χ4v) is 2.91. The molecule has 0 spiro atoms. The summed E-state index contributed by atoms with van der Waals surface area (Å²) in [6, 6.07) is 2.00. The van der Waals surface area contributed by atoms with Gasteiger partial charge >= 0.3 is 0 Å². The van der Waals surface area contributed by atoms with E-state index < -0.39 is 0 Å². The summed E-state index contributed by atoms with van der Waals surface area (Å²) in [7, 11) is 2.31. The van der Waals surface area contributed by atoms with Gasteiger partial charge in [0.1, 0.15) is 18.9 Å². The number of nitrogen functional groups attached to an aromatic ring is 1. The summed E-state index contributed by atoms with van der Waals surface area (Å²) in [6.07, 6.45) is 2.75. The molecule has 3 rings (SSSR count). The van der Waals surface area contributed by atoms with Crippen molar-refractivity contribution in [2.24, 2.45) is 0 Å². The molecule has 7 nitrogen and oxygen atoms in total. The van der Waals surface area contributed by atoms with Gasteiger partial charge in [-0.25, -0.2) is 4.98 Å². The first kappa shape index (κ1) is 17.8. The largest absolute Gasteiger partial charge is 1.00 e. The van der Waals surface area contributed by atoms with Crippen LogP contribution in [0.15, 0.2) is 12.3 Å². The molecule has 1 fully saturated rings. The molecule has 0 aromatic carbocycles. The second-order valence-electron chi connectivity index (χ2n) is 6.30. The van der Waals surface area contributed by atoms with Crippen LogP contribution < -0.4 is 23.5 Å². The molecule has 2 aromatic heterocycles. The van der Waals surface area contributed by atoms with Crippen molar-refractivity contribution < 1.29 is 21.6 Å². The van der Waals surface area contributed by atoms with Crippen molar-refractivity contribution in [2.75, 3.05) is 57.5 Å². The van der Waals surface area contributed by atoms with Crippen LogP contribution in [0.3, 0.4) is 0 Å². The highest BCUT2D eigenvalue weighted by atomic mass is 35.5. The first-order chi connectivity index (χ1) is 10.6. The summed E-state index contributed by atoms with van der Waals surface area (Å²) in [5.41, 5.74) is 8.16. The van der Waals surface area contributed by atoms with Crippen LogP contribution in [-0.2, 0) is 4.74 Å². The number of ether oxygens (including phenoxy) is 1. The lowest BCUT2D eigenvalue weighted by Gasteiger charge is -2.37. The van der Waals surface area contributed by atoms with Gasteiger partial charge in [0, 0.05) is 24.7 Å². The van der Waals surface area contributed by atoms with Crippen molar-refractivity contribution in [3.63, 3.8) is 0 Å². The smallest absolute Gasteiger partial charge is 0.180 e. The van der Waals surface area contributed by atoms with Crippen LogP contribution in [0, 0.1) is 6.92 Å². The molecule has 0 atom stereocenters. The second kappa shape index (κ2) is 7.33. The lowest BCUT2D eigenvalue weighted by Crippen LogP contribution is -3.00. The number of morpholine rings is 1. The van der Waals surface area contributed by atoms with E-state index in [0.29, 0.717) is 5.69 Å². The number of nitrogens with one attached hydrogen (secondary N) is 1. The molecule has 0 amide bonds. The number of likely N-dealkylation sites (N-methyl/N-ethyl adjacent to an activating group) is 1. The Morgan fingerprint density at radius 3 is 2.87 bits per heavy atom. The topological polar surface area (TPSA) is 77.5 Å². The third-order valence-electron chi connectivity index (χ3n) is 4.36. The summed E-state index contributed by atoms with van der Waals surface area (Å²) in [6.45, 7) is 8.00. The average Bonchev–Trinajstić information content (AvgIpc) is 2.86. The van der Waals surface area contributed by atoms with Crippen LogP contribution in [0.1, 0.15) is 12.1 Å². The molecular formula is C15H25ClN6O. The highest BCUT2D eigenvalue weighted by Gasteiger charge is 2.24. The second-order valence-corrected chi connectivity index (χ2v) is 6.30. The van der Waals surface area contributed by atoms with Gasteiger partial charge in [-0.2, -0.15) is 9.61 Å². The minimum atomic E-state index is 0. The molecule has 0 aliphatic carbocycles. The highest BCUT2D eigenvalue weighted by molar-refractivity contribution is 5.66. The fourth-order valence-electron chi connectivity index (χ4n) is 2.91. The molecule has 0 unspecified atom stereocenters. The maximum Gasteiger partial charge on any atom is 0.180 e. The average molecular weight is 341 g/mol. The summed E-state index contributed by atoms with van der Waals surface area (Å²) >= 11 is 0. The molecular weight excluding hydrogens is 316 g/mol. The molecule has 23 heavy (non-hydrogen) atoms. The third-order valence-corrected chi connectivity index (χ3v) is 4.36.